The topological polar surface area (TPSA) is 117 Å². The van der Waals surface area contributed by atoms with Crippen molar-refractivity contribution in [2.75, 3.05) is 26.7 Å². The molecule has 1 heterocycles. The van der Waals surface area contributed by atoms with Crippen molar-refractivity contribution in [3.05, 3.63) is 29.8 Å². The number of carbonyl (C=O) groups is 4. The molecular formula is C20H28N4O5. The van der Waals surface area contributed by atoms with E-state index in [-0.39, 0.29) is 12.5 Å². The molecule has 5 amide bonds. The summed E-state index contributed by atoms with van der Waals surface area (Å²) in [4.78, 5) is 49.4. The van der Waals surface area contributed by atoms with E-state index >= 15 is 0 Å². The molecule has 0 aliphatic carbocycles. The molecule has 1 aliphatic rings. The first-order chi connectivity index (χ1) is 13.8. The number of rotatable bonds is 10. The maximum absolute atomic E-state index is 12.7. The fraction of sp³-hybridized carbons (Fsp3) is 0.500. The second kappa shape index (κ2) is 9.90. The third-order valence-corrected chi connectivity index (χ3v) is 4.74. The molecule has 29 heavy (non-hydrogen) atoms. The molecule has 3 N–H and O–H groups in total. The van der Waals surface area contributed by atoms with E-state index in [1.54, 1.807) is 14.0 Å². The Bertz CT molecular complexity index is 765. The Balaban J connectivity index is 1.88. The van der Waals surface area contributed by atoms with Crippen LogP contribution in [-0.2, 0) is 20.8 Å². The number of hydrogen-bond donors (Lipinski definition) is 3. The minimum Gasteiger partial charge on any atom is -0.497 e. The van der Waals surface area contributed by atoms with Gasteiger partial charge in [0, 0.05) is 6.54 Å². The van der Waals surface area contributed by atoms with Gasteiger partial charge in [0.05, 0.1) is 13.7 Å². The molecule has 1 atom stereocenters. The number of benzene rings is 1. The van der Waals surface area contributed by atoms with Crippen LogP contribution in [0.3, 0.4) is 0 Å². The van der Waals surface area contributed by atoms with Crippen molar-refractivity contribution in [1.82, 2.24) is 20.9 Å². The Morgan fingerprint density at radius 3 is 2.45 bits per heavy atom. The smallest absolute Gasteiger partial charge is 0.325 e. The maximum atomic E-state index is 12.7. The van der Waals surface area contributed by atoms with Crippen LogP contribution in [0.4, 0.5) is 4.79 Å². The molecule has 0 aromatic heterocycles. The van der Waals surface area contributed by atoms with Crippen molar-refractivity contribution in [2.45, 2.75) is 38.6 Å². The van der Waals surface area contributed by atoms with Crippen molar-refractivity contribution >= 4 is 23.8 Å². The number of nitrogens with one attached hydrogen (secondary N) is 3. The Hall–Kier alpha value is -3.10. The lowest BCUT2D eigenvalue weighted by Crippen LogP contribution is -2.46. The van der Waals surface area contributed by atoms with Gasteiger partial charge in [-0.15, -0.1) is 0 Å². The lowest BCUT2D eigenvalue weighted by atomic mass is 9.93. The van der Waals surface area contributed by atoms with Crippen LogP contribution in [0.25, 0.3) is 0 Å². The van der Waals surface area contributed by atoms with Gasteiger partial charge < -0.3 is 20.7 Å². The molecule has 1 aromatic carbocycles. The number of amides is 5. The van der Waals surface area contributed by atoms with E-state index in [1.165, 1.54) is 0 Å². The van der Waals surface area contributed by atoms with Crippen LogP contribution in [-0.4, -0.2) is 60.9 Å². The fourth-order valence-electron chi connectivity index (χ4n) is 2.95. The molecule has 0 saturated carbocycles. The fourth-order valence-corrected chi connectivity index (χ4v) is 2.95. The summed E-state index contributed by atoms with van der Waals surface area (Å²) in [6, 6.07) is 6.86. The largest absolute Gasteiger partial charge is 0.497 e. The molecule has 0 unspecified atom stereocenters. The van der Waals surface area contributed by atoms with E-state index in [1.807, 2.05) is 31.2 Å². The minimum atomic E-state index is -1.09. The Labute approximate surface area is 170 Å². The van der Waals surface area contributed by atoms with Crippen LogP contribution in [0, 0.1) is 0 Å². The zero-order valence-corrected chi connectivity index (χ0v) is 17.0. The van der Waals surface area contributed by atoms with Crippen molar-refractivity contribution in [1.29, 1.82) is 0 Å². The summed E-state index contributed by atoms with van der Waals surface area (Å²) in [5.74, 6) is -0.603. The predicted molar refractivity (Wildman–Crippen MR) is 106 cm³/mol. The summed E-state index contributed by atoms with van der Waals surface area (Å²) in [6.07, 6.45) is 1.75. The van der Waals surface area contributed by atoms with Crippen LogP contribution in [0.2, 0.25) is 0 Å². The summed E-state index contributed by atoms with van der Waals surface area (Å²) >= 11 is 0. The summed E-state index contributed by atoms with van der Waals surface area (Å²) in [6.45, 7) is 3.46. The van der Waals surface area contributed by atoms with Crippen molar-refractivity contribution in [2.24, 2.45) is 0 Å². The standard InChI is InChI=1S/C20H28N4O5/c1-4-11-21-16(25)12-22-17(26)13-24-18(27)20(2,23-19(24)28)10-9-14-5-7-15(29-3)8-6-14/h5-8H,4,9-13H2,1-3H3,(H,21,25)(H,22,26)(H,23,28)/t20-/m0/s1. The van der Waals surface area contributed by atoms with Gasteiger partial charge in [0.2, 0.25) is 11.8 Å². The molecule has 0 bridgehead atoms. The molecule has 1 aliphatic heterocycles. The van der Waals surface area contributed by atoms with Gasteiger partial charge in [-0.25, -0.2) is 4.79 Å². The van der Waals surface area contributed by atoms with Gasteiger partial charge in [-0.1, -0.05) is 19.1 Å². The highest BCUT2D eigenvalue weighted by atomic mass is 16.5. The molecule has 1 saturated heterocycles. The van der Waals surface area contributed by atoms with Gasteiger partial charge in [-0.2, -0.15) is 0 Å². The lowest BCUT2D eigenvalue weighted by molar-refractivity contribution is -0.135. The molecule has 2 rings (SSSR count). The third kappa shape index (κ3) is 5.94. The Morgan fingerprint density at radius 1 is 1.14 bits per heavy atom. The number of methoxy groups -OCH3 is 1. The van der Waals surface area contributed by atoms with Crippen LogP contribution >= 0.6 is 0 Å². The first kappa shape index (κ1) is 22.2. The van der Waals surface area contributed by atoms with Gasteiger partial charge in [0.1, 0.15) is 17.8 Å². The second-order valence-electron chi connectivity index (χ2n) is 7.13. The summed E-state index contributed by atoms with van der Waals surface area (Å²) < 4.78 is 5.12. The summed E-state index contributed by atoms with van der Waals surface area (Å²) in [7, 11) is 1.59. The number of urea groups is 1. The molecule has 1 fully saturated rings. The average Bonchev–Trinajstić information content (AvgIpc) is 2.93. The highest BCUT2D eigenvalue weighted by molar-refractivity contribution is 6.08. The second-order valence-corrected chi connectivity index (χ2v) is 7.13. The van der Waals surface area contributed by atoms with Gasteiger partial charge in [-0.05, 0) is 43.9 Å². The maximum Gasteiger partial charge on any atom is 0.325 e. The zero-order chi connectivity index (χ0) is 21.4. The van der Waals surface area contributed by atoms with Crippen LogP contribution in [0.15, 0.2) is 24.3 Å². The summed E-state index contributed by atoms with van der Waals surface area (Å²) in [5, 5.41) is 7.72. The van der Waals surface area contributed by atoms with E-state index < -0.39 is 29.9 Å². The quantitative estimate of drug-likeness (QED) is 0.493. The molecular weight excluding hydrogens is 376 g/mol. The van der Waals surface area contributed by atoms with Crippen molar-refractivity contribution in [3.63, 3.8) is 0 Å². The van der Waals surface area contributed by atoms with E-state index in [0.717, 1.165) is 22.6 Å². The predicted octanol–water partition coefficient (Wildman–Crippen LogP) is 0.581. The van der Waals surface area contributed by atoms with Gasteiger partial charge >= 0.3 is 6.03 Å². The Morgan fingerprint density at radius 2 is 1.83 bits per heavy atom. The van der Waals surface area contributed by atoms with Crippen LogP contribution in [0.1, 0.15) is 32.3 Å². The number of imide groups is 1. The van der Waals surface area contributed by atoms with E-state index in [4.69, 9.17) is 4.74 Å². The van der Waals surface area contributed by atoms with Crippen molar-refractivity contribution in [3.8, 4) is 5.75 Å². The molecule has 1 aromatic rings. The number of hydrogen-bond acceptors (Lipinski definition) is 5. The van der Waals surface area contributed by atoms with Gasteiger partial charge in [0.25, 0.3) is 5.91 Å². The third-order valence-electron chi connectivity index (χ3n) is 4.74. The lowest BCUT2D eigenvalue weighted by Gasteiger charge is -2.21. The summed E-state index contributed by atoms with van der Waals surface area (Å²) in [5.41, 5.74) is -0.0844. The van der Waals surface area contributed by atoms with Crippen molar-refractivity contribution < 1.29 is 23.9 Å². The minimum absolute atomic E-state index is 0.197. The molecule has 158 valence electrons. The first-order valence-electron chi connectivity index (χ1n) is 9.59. The average molecular weight is 404 g/mol. The van der Waals surface area contributed by atoms with Crippen LogP contribution < -0.4 is 20.7 Å². The van der Waals surface area contributed by atoms with E-state index in [0.29, 0.717) is 19.4 Å². The number of nitrogens with zero attached hydrogens (tertiary/aromatic N) is 1. The highest BCUT2D eigenvalue weighted by Gasteiger charge is 2.47. The number of carbonyl (C=O) groups excluding carboxylic acids is 4. The Kier molecular flexibility index (Phi) is 7.58. The molecule has 9 heteroatoms. The number of ether oxygens (including phenoxy) is 1. The molecule has 0 radical (unpaired) electrons. The number of aryl methyl sites for hydroxylation is 1. The monoisotopic (exact) mass is 404 g/mol. The van der Waals surface area contributed by atoms with Gasteiger partial charge in [-0.3, -0.25) is 19.3 Å². The molecule has 9 nitrogen and oxygen atoms in total. The van der Waals surface area contributed by atoms with Gasteiger partial charge in [0.15, 0.2) is 0 Å². The van der Waals surface area contributed by atoms with E-state index in [2.05, 4.69) is 16.0 Å². The molecule has 0 spiro atoms. The SMILES string of the molecule is CCCNC(=O)CNC(=O)CN1C(=O)N[C@@](C)(CCc2ccc(OC)cc2)C1=O. The van der Waals surface area contributed by atoms with E-state index in [9.17, 15) is 19.2 Å². The normalized spacial score (nSPS) is 18.4. The first-order valence-corrected chi connectivity index (χ1v) is 9.59. The highest BCUT2D eigenvalue weighted by Crippen LogP contribution is 2.23. The zero-order valence-electron chi connectivity index (χ0n) is 17.0. The van der Waals surface area contributed by atoms with Crippen LogP contribution in [0.5, 0.6) is 5.75 Å².